The summed E-state index contributed by atoms with van der Waals surface area (Å²) >= 11 is 0. The minimum atomic E-state index is -1.06. The molecule has 13 nitrogen and oxygen atoms in total. The van der Waals surface area contributed by atoms with Gasteiger partial charge in [0.1, 0.15) is 18.7 Å². The van der Waals surface area contributed by atoms with Crippen LogP contribution in [-0.4, -0.2) is 92.3 Å². The van der Waals surface area contributed by atoms with Crippen molar-refractivity contribution >= 4 is 29.8 Å². The van der Waals surface area contributed by atoms with E-state index in [1.807, 2.05) is 60.7 Å². The van der Waals surface area contributed by atoms with Crippen molar-refractivity contribution < 1.29 is 38.2 Å². The molecule has 4 amide bonds. The lowest BCUT2D eigenvalue weighted by Gasteiger charge is -2.29. The number of hydrogen-bond acceptors (Lipinski definition) is 9. The maximum absolute atomic E-state index is 13.8. The molecule has 1 saturated heterocycles. The van der Waals surface area contributed by atoms with E-state index in [1.54, 1.807) is 6.92 Å². The molecule has 0 aromatic heterocycles. The Bertz CT molecular complexity index is 1320. The number of rotatable bonds is 18. The van der Waals surface area contributed by atoms with Gasteiger partial charge in [-0.3, -0.25) is 19.3 Å². The molecule has 1 heterocycles. The SMILES string of the molecule is CCOC(=O)/C=C/[C@H](CCC(N)=O)NC(=O)[C@H](Cc1ccccc1)NC(=O)[C@H](CCN1CCOCC1)NC(=O)OCc1ccccc1. The van der Waals surface area contributed by atoms with Crippen molar-refractivity contribution in [1.82, 2.24) is 20.9 Å². The van der Waals surface area contributed by atoms with E-state index in [4.69, 9.17) is 19.9 Å². The first kappa shape index (κ1) is 36.7. The Kier molecular flexibility index (Phi) is 15.9. The standard InChI is InChI=1S/C34H45N5O8/c1-2-46-31(41)16-14-27(13-15-30(35)40)36-33(43)29(23-25-9-5-3-6-10-25)37-32(42)28(17-18-39-19-21-45-22-20-39)38-34(44)47-24-26-11-7-4-8-12-26/h3-12,14,16,27-29H,2,13,15,17-24H2,1H3,(H2,35,40)(H,36,43)(H,37,42)(H,38,44)/b16-14+/t27-,28-,29-/m0/s1. The molecule has 0 aliphatic carbocycles. The van der Waals surface area contributed by atoms with Gasteiger partial charge >= 0.3 is 12.1 Å². The fraction of sp³-hybridized carbons (Fsp3) is 0.441. The molecule has 13 heteroatoms. The normalized spacial score (nSPS) is 15.2. The second-order valence-electron chi connectivity index (χ2n) is 11.0. The van der Waals surface area contributed by atoms with Crippen molar-refractivity contribution in [1.29, 1.82) is 0 Å². The monoisotopic (exact) mass is 651 g/mol. The van der Waals surface area contributed by atoms with Crippen molar-refractivity contribution in [2.45, 2.75) is 57.3 Å². The van der Waals surface area contributed by atoms with Gasteiger partial charge in [-0.15, -0.1) is 0 Å². The zero-order valence-electron chi connectivity index (χ0n) is 26.7. The molecule has 0 bridgehead atoms. The highest BCUT2D eigenvalue weighted by Gasteiger charge is 2.29. The first-order valence-corrected chi connectivity index (χ1v) is 15.8. The van der Waals surface area contributed by atoms with Crippen LogP contribution in [0.3, 0.4) is 0 Å². The largest absolute Gasteiger partial charge is 0.463 e. The van der Waals surface area contributed by atoms with E-state index in [-0.39, 0.29) is 38.9 Å². The van der Waals surface area contributed by atoms with Gasteiger partial charge in [-0.05, 0) is 30.9 Å². The third kappa shape index (κ3) is 14.5. The molecule has 3 atom stereocenters. The topological polar surface area (TPSA) is 178 Å². The summed E-state index contributed by atoms with van der Waals surface area (Å²) in [5.74, 6) is -2.30. The van der Waals surface area contributed by atoms with Gasteiger partial charge in [0.25, 0.3) is 0 Å². The molecular weight excluding hydrogens is 606 g/mol. The number of carbonyl (C=O) groups excluding carboxylic acids is 5. The number of esters is 1. The Morgan fingerprint density at radius 3 is 2.13 bits per heavy atom. The summed E-state index contributed by atoms with van der Waals surface area (Å²) in [6.07, 6.45) is 2.30. The zero-order chi connectivity index (χ0) is 33.9. The Morgan fingerprint density at radius 1 is 0.851 bits per heavy atom. The molecule has 254 valence electrons. The second kappa shape index (κ2) is 20.4. The van der Waals surface area contributed by atoms with E-state index in [0.29, 0.717) is 32.8 Å². The minimum Gasteiger partial charge on any atom is -0.463 e. The van der Waals surface area contributed by atoms with Gasteiger partial charge < -0.3 is 35.9 Å². The molecule has 1 aliphatic heterocycles. The number of alkyl carbamates (subject to hydrolysis) is 1. The maximum atomic E-state index is 13.8. The van der Waals surface area contributed by atoms with Crippen LogP contribution in [0.5, 0.6) is 0 Å². The number of carbonyl (C=O) groups is 5. The number of benzene rings is 2. The van der Waals surface area contributed by atoms with E-state index in [0.717, 1.165) is 11.1 Å². The molecule has 0 unspecified atom stereocenters. The van der Waals surface area contributed by atoms with Gasteiger partial charge in [0.2, 0.25) is 17.7 Å². The minimum absolute atomic E-state index is 0.0233. The smallest absolute Gasteiger partial charge is 0.408 e. The fourth-order valence-corrected chi connectivity index (χ4v) is 4.83. The van der Waals surface area contributed by atoms with Crippen LogP contribution >= 0.6 is 0 Å². The number of morpholine rings is 1. The first-order chi connectivity index (χ1) is 22.7. The van der Waals surface area contributed by atoms with Gasteiger partial charge in [-0.2, -0.15) is 0 Å². The molecule has 1 fully saturated rings. The Labute approximate surface area is 275 Å². The van der Waals surface area contributed by atoms with Crippen LogP contribution in [-0.2, 0) is 46.4 Å². The lowest BCUT2D eigenvalue weighted by molar-refractivity contribution is -0.137. The molecule has 5 N–H and O–H groups in total. The van der Waals surface area contributed by atoms with E-state index >= 15 is 0 Å². The van der Waals surface area contributed by atoms with Crippen molar-refractivity contribution in [3.63, 3.8) is 0 Å². The van der Waals surface area contributed by atoms with Gasteiger partial charge in [0.05, 0.1) is 19.8 Å². The molecule has 0 spiro atoms. The summed E-state index contributed by atoms with van der Waals surface area (Å²) in [5.41, 5.74) is 6.91. The van der Waals surface area contributed by atoms with Gasteiger partial charge in [0.15, 0.2) is 0 Å². The van der Waals surface area contributed by atoms with Crippen LogP contribution < -0.4 is 21.7 Å². The van der Waals surface area contributed by atoms with E-state index in [9.17, 15) is 24.0 Å². The van der Waals surface area contributed by atoms with E-state index in [1.165, 1.54) is 12.2 Å². The summed E-state index contributed by atoms with van der Waals surface area (Å²) in [6, 6.07) is 15.5. The number of nitrogens with zero attached hydrogens (tertiary/aromatic N) is 1. The van der Waals surface area contributed by atoms with Crippen LogP contribution in [0.25, 0.3) is 0 Å². The predicted molar refractivity (Wildman–Crippen MR) is 174 cm³/mol. The molecule has 2 aromatic carbocycles. The third-order valence-corrected chi connectivity index (χ3v) is 7.36. The average molecular weight is 652 g/mol. The summed E-state index contributed by atoms with van der Waals surface area (Å²) in [5, 5.41) is 8.30. The van der Waals surface area contributed by atoms with Crippen molar-refractivity contribution in [2.24, 2.45) is 5.73 Å². The van der Waals surface area contributed by atoms with E-state index in [2.05, 4.69) is 20.9 Å². The van der Waals surface area contributed by atoms with Crippen LogP contribution in [0, 0.1) is 0 Å². The quantitative estimate of drug-likeness (QED) is 0.138. The highest BCUT2D eigenvalue weighted by atomic mass is 16.5. The molecule has 0 saturated carbocycles. The Hall–Kier alpha value is -4.75. The molecule has 1 aliphatic rings. The summed E-state index contributed by atoms with van der Waals surface area (Å²) < 4.78 is 15.7. The second-order valence-corrected chi connectivity index (χ2v) is 11.0. The molecule has 2 aromatic rings. The van der Waals surface area contributed by atoms with Crippen LogP contribution in [0.15, 0.2) is 72.8 Å². The molecule has 0 radical (unpaired) electrons. The Balaban J connectivity index is 1.77. The summed E-state index contributed by atoms with van der Waals surface area (Å²) in [6.45, 7) is 4.90. The third-order valence-electron chi connectivity index (χ3n) is 7.36. The predicted octanol–water partition coefficient (Wildman–Crippen LogP) is 1.60. The van der Waals surface area contributed by atoms with Gasteiger partial charge in [-0.25, -0.2) is 9.59 Å². The van der Waals surface area contributed by atoms with Crippen LogP contribution in [0.4, 0.5) is 4.79 Å². The molecular formula is C34H45N5O8. The summed E-state index contributed by atoms with van der Waals surface area (Å²) in [7, 11) is 0. The van der Waals surface area contributed by atoms with Crippen molar-refractivity contribution in [3.8, 4) is 0 Å². The molecule has 47 heavy (non-hydrogen) atoms. The number of hydrogen-bond donors (Lipinski definition) is 4. The summed E-state index contributed by atoms with van der Waals surface area (Å²) in [4.78, 5) is 65.9. The highest BCUT2D eigenvalue weighted by Crippen LogP contribution is 2.09. The number of amides is 4. The highest BCUT2D eigenvalue weighted by molar-refractivity contribution is 5.92. The number of primary amides is 1. The van der Waals surface area contributed by atoms with Crippen molar-refractivity contribution in [2.75, 3.05) is 39.5 Å². The van der Waals surface area contributed by atoms with Gasteiger partial charge in [-0.1, -0.05) is 66.7 Å². The van der Waals surface area contributed by atoms with Crippen LogP contribution in [0.2, 0.25) is 0 Å². The number of nitrogens with two attached hydrogens (primary N) is 1. The average Bonchev–Trinajstić information content (AvgIpc) is 3.08. The fourth-order valence-electron chi connectivity index (χ4n) is 4.83. The van der Waals surface area contributed by atoms with Crippen LogP contribution in [0.1, 0.15) is 37.3 Å². The van der Waals surface area contributed by atoms with E-state index < -0.39 is 47.9 Å². The maximum Gasteiger partial charge on any atom is 0.408 e. The lowest BCUT2D eigenvalue weighted by atomic mass is 10.0. The van der Waals surface area contributed by atoms with Crippen molar-refractivity contribution in [3.05, 3.63) is 83.9 Å². The van der Waals surface area contributed by atoms with Gasteiger partial charge in [0, 0.05) is 44.6 Å². The lowest BCUT2D eigenvalue weighted by Crippen LogP contribution is -2.56. The first-order valence-electron chi connectivity index (χ1n) is 15.8. The number of ether oxygens (including phenoxy) is 3. The number of nitrogens with one attached hydrogen (secondary N) is 3. The zero-order valence-corrected chi connectivity index (χ0v) is 26.7. The Morgan fingerprint density at radius 2 is 1.49 bits per heavy atom. The molecule has 3 rings (SSSR count).